The fourth-order valence-electron chi connectivity index (χ4n) is 1.83. The van der Waals surface area contributed by atoms with E-state index in [1.165, 1.54) is 36.0 Å². The van der Waals surface area contributed by atoms with Crippen LogP contribution in [0.5, 0.6) is 0 Å². The summed E-state index contributed by atoms with van der Waals surface area (Å²) in [5.41, 5.74) is 0.294. The third kappa shape index (κ3) is 5.59. The second-order valence-corrected chi connectivity index (χ2v) is 5.73. The van der Waals surface area contributed by atoms with Gasteiger partial charge in [0, 0.05) is 11.4 Å². The number of alkyl halides is 3. The van der Waals surface area contributed by atoms with Crippen LogP contribution in [0.25, 0.3) is 0 Å². The molecular formula is C16H13F4NOS. The second-order valence-electron chi connectivity index (χ2n) is 4.75. The summed E-state index contributed by atoms with van der Waals surface area (Å²) in [5.74, 6) is -0.0705. The molecule has 0 atom stereocenters. The topological polar surface area (TPSA) is 29.1 Å². The van der Waals surface area contributed by atoms with Crippen molar-refractivity contribution in [1.29, 1.82) is 0 Å². The number of rotatable bonds is 5. The van der Waals surface area contributed by atoms with E-state index in [9.17, 15) is 22.4 Å². The molecule has 0 aliphatic rings. The maximum absolute atomic E-state index is 13.0. The molecule has 23 heavy (non-hydrogen) atoms. The van der Waals surface area contributed by atoms with E-state index in [4.69, 9.17) is 0 Å². The zero-order valence-electron chi connectivity index (χ0n) is 11.9. The Morgan fingerprint density at radius 3 is 2.39 bits per heavy atom. The fourth-order valence-corrected chi connectivity index (χ4v) is 2.60. The van der Waals surface area contributed by atoms with E-state index in [0.29, 0.717) is 11.4 Å². The Morgan fingerprint density at radius 1 is 1.09 bits per heavy atom. The van der Waals surface area contributed by atoms with Gasteiger partial charge in [0.1, 0.15) is 5.82 Å². The van der Waals surface area contributed by atoms with E-state index in [0.717, 1.165) is 17.7 Å². The predicted octanol–water partition coefficient (Wildman–Crippen LogP) is 4.72. The largest absolute Gasteiger partial charge is 0.416 e. The normalized spacial score (nSPS) is 11.3. The van der Waals surface area contributed by atoms with E-state index < -0.39 is 11.7 Å². The molecule has 0 aromatic heterocycles. The van der Waals surface area contributed by atoms with Crippen LogP contribution in [0.4, 0.5) is 23.2 Å². The van der Waals surface area contributed by atoms with Crippen molar-refractivity contribution in [3.05, 3.63) is 65.5 Å². The van der Waals surface area contributed by atoms with Crippen molar-refractivity contribution in [3.63, 3.8) is 0 Å². The third-order valence-electron chi connectivity index (χ3n) is 2.89. The van der Waals surface area contributed by atoms with E-state index >= 15 is 0 Å². The maximum Gasteiger partial charge on any atom is 0.416 e. The van der Waals surface area contributed by atoms with Crippen molar-refractivity contribution < 1.29 is 22.4 Å². The first-order valence-electron chi connectivity index (χ1n) is 6.64. The molecule has 0 aliphatic carbocycles. The van der Waals surface area contributed by atoms with Gasteiger partial charge in [-0.3, -0.25) is 4.79 Å². The summed E-state index contributed by atoms with van der Waals surface area (Å²) in [6.07, 6.45) is -4.40. The van der Waals surface area contributed by atoms with Gasteiger partial charge in [0.25, 0.3) is 0 Å². The van der Waals surface area contributed by atoms with Crippen LogP contribution in [-0.2, 0) is 16.7 Å². The van der Waals surface area contributed by atoms with Gasteiger partial charge in [-0.15, -0.1) is 11.8 Å². The van der Waals surface area contributed by atoms with Gasteiger partial charge in [-0.2, -0.15) is 13.2 Å². The minimum atomic E-state index is -4.40. The smallest absolute Gasteiger partial charge is 0.325 e. The van der Waals surface area contributed by atoms with Crippen LogP contribution in [0.15, 0.2) is 48.5 Å². The zero-order chi connectivity index (χ0) is 16.9. The van der Waals surface area contributed by atoms with Gasteiger partial charge >= 0.3 is 6.18 Å². The lowest BCUT2D eigenvalue weighted by Gasteiger charge is -2.09. The standard InChI is InChI=1S/C16H13F4NOS/c17-13-3-1-2-11(8-13)9-23-10-15(22)21-14-6-4-12(5-7-14)16(18,19)20/h1-8H,9-10H2,(H,21,22). The first-order chi connectivity index (χ1) is 10.8. The molecule has 0 saturated heterocycles. The van der Waals surface area contributed by atoms with Gasteiger partial charge in [-0.25, -0.2) is 4.39 Å². The SMILES string of the molecule is O=C(CSCc1cccc(F)c1)Nc1ccc(C(F)(F)F)cc1. The van der Waals surface area contributed by atoms with Gasteiger partial charge in [0.05, 0.1) is 11.3 Å². The molecule has 1 amide bonds. The molecule has 0 unspecified atom stereocenters. The molecule has 2 nitrogen and oxygen atoms in total. The number of hydrogen-bond donors (Lipinski definition) is 1. The van der Waals surface area contributed by atoms with Crippen molar-refractivity contribution in [2.24, 2.45) is 0 Å². The van der Waals surface area contributed by atoms with Crippen molar-refractivity contribution in [1.82, 2.24) is 0 Å². The maximum atomic E-state index is 13.0. The highest BCUT2D eigenvalue weighted by molar-refractivity contribution is 7.99. The van der Waals surface area contributed by atoms with E-state index in [1.54, 1.807) is 12.1 Å². The van der Waals surface area contributed by atoms with Gasteiger partial charge < -0.3 is 5.32 Å². The van der Waals surface area contributed by atoms with Crippen LogP contribution in [0.3, 0.4) is 0 Å². The van der Waals surface area contributed by atoms with Crippen molar-refractivity contribution >= 4 is 23.4 Å². The summed E-state index contributed by atoms with van der Waals surface area (Å²) in [6, 6.07) is 10.3. The van der Waals surface area contributed by atoms with Crippen LogP contribution in [0, 0.1) is 5.82 Å². The summed E-state index contributed by atoms with van der Waals surface area (Å²) in [5, 5.41) is 2.52. The average molecular weight is 343 g/mol. The predicted molar refractivity (Wildman–Crippen MR) is 82.6 cm³/mol. The molecule has 0 spiro atoms. The van der Waals surface area contributed by atoms with Crippen LogP contribution >= 0.6 is 11.8 Å². The quantitative estimate of drug-likeness (QED) is 0.796. The van der Waals surface area contributed by atoms with Gasteiger partial charge in [0.15, 0.2) is 0 Å². The Kier molecular flexibility index (Phi) is 5.65. The Hall–Kier alpha value is -2.02. The molecule has 122 valence electrons. The molecule has 7 heteroatoms. The lowest BCUT2D eigenvalue weighted by molar-refractivity contribution is -0.137. The van der Waals surface area contributed by atoms with Crippen LogP contribution in [0.1, 0.15) is 11.1 Å². The molecule has 0 heterocycles. The number of carbonyl (C=O) groups excluding carboxylic acids is 1. The van der Waals surface area contributed by atoms with Gasteiger partial charge in [-0.1, -0.05) is 12.1 Å². The molecule has 0 aliphatic heterocycles. The fraction of sp³-hybridized carbons (Fsp3) is 0.188. The van der Waals surface area contributed by atoms with E-state index in [1.807, 2.05) is 0 Å². The Balaban J connectivity index is 1.80. The number of anilines is 1. The molecule has 0 bridgehead atoms. The molecule has 2 aromatic carbocycles. The highest BCUT2D eigenvalue weighted by atomic mass is 32.2. The lowest BCUT2D eigenvalue weighted by atomic mass is 10.2. The number of amides is 1. The van der Waals surface area contributed by atoms with Crippen LogP contribution < -0.4 is 5.32 Å². The summed E-state index contributed by atoms with van der Waals surface area (Å²) in [7, 11) is 0. The van der Waals surface area contributed by atoms with Crippen molar-refractivity contribution in [2.75, 3.05) is 11.1 Å². The minimum absolute atomic E-state index is 0.123. The first kappa shape index (κ1) is 17.3. The van der Waals surface area contributed by atoms with Crippen LogP contribution in [0.2, 0.25) is 0 Å². The molecular weight excluding hydrogens is 330 g/mol. The average Bonchev–Trinajstić information content (AvgIpc) is 2.47. The first-order valence-corrected chi connectivity index (χ1v) is 7.79. The summed E-state index contributed by atoms with van der Waals surface area (Å²) < 4.78 is 50.3. The monoisotopic (exact) mass is 343 g/mol. The number of hydrogen-bond acceptors (Lipinski definition) is 2. The number of halogens is 4. The van der Waals surface area contributed by atoms with Crippen molar-refractivity contribution in [2.45, 2.75) is 11.9 Å². The van der Waals surface area contributed by atoms with Gasteiger partial charge in [-0.05, 0) is 42.0 Å². The van der Waals surface area contributed by atoms with E-state index in [-0.39, 0.29) is 17.5 Å². The zero-order valence-corrected chi connectivity index (χ0v) is 12.7. The molecule has 0 saturated carbocycles. The molecule has 0 radical (unpaired) electrons. The highest BCUT2D eigenvalue weighted by Crippen LogP contribution is 2.29. The number of thioether (sulfide) groups is 1. The lowest BCUT2D eigenvalue weighted by Crippen LogP contribution is -2.14. The van der Waals surface area contributed by atoms with Crippen LogP contribution in [-0.4, -0.2) is 11.7 Å². The number of carbonyl (C=O) groups is 1. The molecule has 0 fully saturated rings. The summed E-state index contributed by atoms with van der Waals surface area (Å²) in [4.78, 5) is 11.7. The molecule has 2 rings (SSSR count). The minimum Gasteiger partial charge on any atom is -0.325 e. The highest BCUT2D eigenvalue weighted by Gasteiger charge is 2.29. The second kappa shape index (κ2) is 7.50. The van der Waals surface area contributed by atoms with Crippen molar-refractivity contribution in [3.8, 4) is 0 Å². The number of nitrogens with one attached hydrogen (secondary N) is 1. The summed E-state index contributed by atoms with van der Waals surface area (Å²) >= 11 is 1.29. The third-order valence-corrected chi connectivity index (χ3v) is 3.89. The van der Waals surface area contributed by atoms with E-state index in [2.05, 4.69) is 5.32 Å². The van der Waals surface area contributed by atoms with Gasteiger partial charge in [0.2, 0.25) is 5.91 Å². The Labute approximate surface area is 134 Å². The summed E-state index contributed by atoms with van der Waals surface area (Å²) in [6.45, 7) is 0. The number of benzene rings is 2. The Morgan fingerprint density at radius 2 is 1.78 bits per heavy atom. The molecule has 1 N–H and O–H groups in total. The Bertz CT molecular complexity index is 671. The molecule has 2 aromatic rings.